The number of nitrogens with zero attached hydrogens (tertiary/aromatic N) is 2. The molecule has 0 aromatic heterocycles. The highest BCUT2D eigenvalue weighted by molar-refractivity contribution is 5.98. The Morgan fingerprint density at radius 1 is 1.26 bits per heavy atom. The number of anilines is 2. The summed E-state index contributed by atoms with van der Waals surface area (Å²) < 4.78 is 5.89. The SMILES string of the molecule is [C-]#[N+]c1ccc(CCCC(=O)O)c(NC(=O)[C@@H]2C[C@]23CCOc2ccc(N4CCCC4=O)cc23)c1. The van der Waals surface area contributed by atoms with Crippen LogP contribution in [0, 0.1) is 12.5 Å². The van der Waals surface area contributed by atoms with E-state index in [1.54, 1.807) is 23.1 Å². The fourth-order valence-electron chi connectivity index (χ4n) is 5.44. The van der Waals surface area contributed by atoms with E-state index in [1.165, 1.54) is 0 Å². The highest BCUT2D eigenvalue weighted by Gasteiger charge is 2.61. The van der Waals surface area contributed by atoms with Crippen LogP contribution in [0.1, 0.15) is 49.7 Å². The van der Waals surface area contributed by atoms with Crippen LogP contribution >= 0.6 is 0 Å². The van der Waals surface area contributed by atoms with Gasteiger partial charge < -0.3 is 20.1 Å². The molecule has 2 aliphatic heterocycles. The molecule has 3 aliphatic rings. The molecule has 1 spiro atoms. The summed E-state index contributed by atoms with van der Waals surface area (Å²) in [4.78, 5) is 41.8. The van der Waals surface area contributed by atoms with E-state index < -0.39 is 5.97 Å². The van der Waals surface area contributed by atoms with Gasteiger partial charge >= 0.3 is 5.97 Å². The Balaban J connectivity index is 1.37. The molecule has 2 atom stereocenters. The third-order valence-electron chi connectivity index (χ3n) is 7.40. The number of hydrogen-bond acceptors (Lipinski definition) is 4. The number of aryl methyl sites for hydroxylation is 1. The summed E-state index contributed by atoms with van der Waals surface area (Å²) in [7, 11) is 0. The minimum absolute atomic E-state index is 0.0440. The number of hydrogen-bond donors (Lipinski definition) is 2. The molecule has 1 saturated heterocycles. The Morgan fingerprint density at radius 3 is 2.86 bits per heavy atom. The van der Waals surface area contributed by atoms with E-state index in [-0.39, 0.29) is 29.6 Å². The number of carbonyl (C=O) groups is 3. The molecule has 2 fully saturated rings. The second-order valence-electron chi connectivity index (χ2n) is 9.53. The van der Waals surface area contributed by atoms with Crippen molar-refractivity contribution in [2.24, 2.45) is 5.92 Å². The monoisotopic (exact) mass is 473 g/mol. The van der Waals surface area contributed by atoms with Crippen molar-refractivity contribution in [1.29, 1.82) is 0 Å². The van der Waals surface area contributed by atoms with E-state index >= 15 is 0 Å². The van der Waals surface area contributed by atoms with E-state index in [0.717, 1.165) is 35.4 Å². The molecule has 2 aromatic carbocycles. The summed E-state index contributed by atoms with van der Waals surface area (Å²) in [6.45, 7) is 8.56. The lowest BCUT2D eigenvalue weighted by Crippen LogP contribution is -2.28. The van der Waals surface area contributed by atoms with Gasteiger partial charge in [-0.2, -0.15) is 0 Å². The van der Waals surface area contributed by atoms with Gasteiger partial charge in [0.2, 0.25) is 11.8 Å². The van der Waals surface area contributed by atoms with Crippen molar-refractivity contribution in [2.75, 3.05) is 23.4 Å². The molecule has 2 aromatic rings. The molecule has 0 bridgehead atoms. The summed E-state index contributed by atoms with van der Waals surface area (Å²) in [6.07, 6.45) is 3.82. The Kier molecular flexibility index (Phi) is 5.93. The lowest BCUT2D eigenvalue weighted by Gasteiger charge is -2.29. The predicted octanol–water partition coefficient (Wildman–Crippen LogP) is 4.45. The zero-order valence-corrected chi connectivity index (χ0v) is 19.4. The Hall–Kier alpha value is -3.86. The standard InChI is InChI=1S/C27H27N3O5/c1-28-18-8-7-17(4-2-6-25(32)33)22(14-18)29-26(34)21-16-27(21)11-13-35-23-10-9-19(15-20(23)27)30-12-3-5-24(30)31/h7-10,14-15,21H,2-6,11-13,16H2,(H,29,34)(H,32,33)/t21-,27-/m0/s1. The van der Waals surface area contributed by atoms with E-state index in [2.05, 4.69) is 10.2 Å². The smallest absolute Gasteiger partial charge is 0.303 e. The molecular formula is C27H27N3O5. The molecule has 5 rings (SSSR count). The number of carboxylic acids is 1. The lowest BCUT2D eigenvalue weighted by molar-refractivity contribution is -0.137. The van der Waals surface area contributed by atoms with Gasteiger partial charge in [0, 0.05) is 47.7 Å². The Morgan fingerprint density at radius 2 is 2.11 bits per heavy atom. The molecule has 1 aliphatic carbocycles. The van der Waals surface area contributed by atoms with Gasteiger partial charge in [-0.15, -0.1) is 0 Å². The average molecular weight is 474 g/mol. The zero-order chi connectivity index (χ0) is 24.6. The third kappa shape index (κ3) is 4.34. The molecule has 0 radical (unpaired) electrons. The maximum atomic E-state index is 13.4. The average Bonchev–Trinajstić information content (AvgIpc) is 3.40. The van der Waals surface area contributed by atoms with Crippen molar-refractivity contribution >= 4 is 34.8 Å². The molecule has 2 N–H and O–H groups in total. The molecule has 8 heteroatoms. The Bertz CT molecular complexity index is 1250. The summed E-state index contributed by atoms with van der Waals surface area (Å²) >= 11 is 0. The molecule has 1 saturated carbocycles. The summed E-state index contributed by atoms with van der Waals surface area (Å²) in [5.74, 6) is -0.316. The Labute approximate surface area is 203 Å². The first kappa shape index (κ1) is 22.9. The highest BCUT2D eigenvalue weighted by atomic mass is 16.5. The topological polar surface area (TPSA) is 100 Å². The van der Waals surface area contributed by atoms with Crippen LogP contribution in [0.2, 0.25) is 0 Å². The van der Waals surface area contributed by atoms with Gasteiger partial charge in [0.25, 0.3) is 0 Å². The zero-order valence-electron chi connectivity index (χ0n) is 19.4. The largest absolute Gasteiger partial charge is 0.493 e. The minimum atomic E-state index is -0.860. The molecule has 0 unspecified atom stereocenters. The number of ether oxygens (including phenoxy) is 1. The first-order chi connectivity index (χ1) is 16.9. The highest BCUT2D eigenvalue weighted by Crippen LogP contribution is 2.61. The quantitative estimate of drug-likeness (QED) is 0.579. The van der Waals surface area contributed by atoms with Gasteiger partial charge in [-0.05, 0) is 61.9 Å². The third-order valence-corrected chi connectivity index (χ3v) is 7.40. The maximum absolute atomic E-state index is 13.4. The number of nitrogens with one attached hydrogen (secondary N) is 1. The molecule has 2 heterocycles. The first-order valence-corrected chi connectivity index (χ1v) is 12.0. The number of aliphatic carboxylic acids is 1. The lowest BCUT2D eigenvalue weighted by atomic mass is 9.86. The van der Waals surface area contributed by atoms with E-state index in [1.807, 2.05) is 18.2 Å². The van der Waals surface area contributed by atoms with Crippen LogP contribution in [-0.4, -0.2) is 36.0 Å². The fraction of sp³-hybridized carbons (Fsp3) is 0.407. The van der Waals surface area contributed by atoms with E-state index in [9.17, 15) is 14.4 Å². The molecule has 8 nitrogen and oxygen atoms in total. The summed E-state index contributed by atoms with van der Waals surface area (Å²) in [6, 6.07) is 11.0. The van der Waals surface area contributed by atoms with Crippen LogP contribution < -0.4 is 15.0 Å². The number of amides is 2. The van der Waals surface area contributed by atoms with Crippen molar-refractivity contribution in [3.63, 3.8) is 0 Å². The predicted molar refractivity (Wildman–Crippen MR) is 130 cm³/mol. The van der Waals surface area contributed by atoms with Gasteiger partial charge in [-0.25, -0.2) is 4.85 Å². The van der Waals surface area contributed by atoms with Gasteiger partial charge in [0.1, 0.15) is 5.75 Å². The van der Waals surface area contributed by atoms with Crippen LogP contribution in [0.5, 0.6) is 5.75 Å². The number of benzene rings is 2. The van der Waals surface area contributed by atoms with Crippen LogP contribution in [0.25, 0.3) is 4.85 Å². The van der Waals surface area contributed by atoms with Gasteiger partial charge in [0.15, 0.2) is 5.69 Å². The molecule has 2 amide bonds. The van der Waals surface area contributed by atoms with Gasteiger partial charge in [-0.1, -0.05) is 12.1 Å². The summed E-state index contributed by atoms with van der Waals surface area (Å²) in [5.41, 5.74) is 3.33. The number of rotatable bonds is 7. The van der Waals surface area contributed by atoms with Gasteiger partial charge in [0.05, 0.1) is 13.2 Å². The minimum Gasteiger partial charge on any atom is -0.493 e. The number of carbonyl (C=O) groups excluding carboxylic acids is 2. The second-order valence-corrected chi connectivity index (χ2v) is 9.53. The van der Waals surface area contributed by atoms with Crippen LogP contribution in [0.3, 0.4) is 0 Å². The molecule has 180 valence electrons. The number of fused-ring (bicyclic) bond motifs is 2. The van der Waals surface area contributed by atoms with Crippen molar-refractivity contribution in [2.45, 2.75) is 50.4 Å². The van der Waals surface area contributed by atoms with Crippen LogP contribution in [0.15, 0.2) is 36.4 Å². The van der Waals surface area contributed by atoms with Crippen molar-refractivity contribution in [3.05, 3.63) is 58.9 Å². The fourth-order valence-corrected chi connectivity index (χ4v) is 5.44. The van der Waals surface area contributed by atoms with E-state index in [4.69, 9.17) is 16.4 Å². The van der Waals surface area contributed by atoms with Crippen molar-refractivity contribution < 1.29 is 24.2 Å². The normalized spacial score (nSPS) is 22.3. The molecule has 35 heavy (non-hydrogen) atoms. The van der Waals surface area contributed by atoms with Crippen LogP contribution in [-0.2, 0) is 26.2 Å². The van der Waals surface area contributed by atoms with Crippen molar-refractivity contribution in [1.82, 2.24) is 0 Å². The second kappa shape index (κ2) is 9.06. The maximum Gasteiger partial charge on any atom is 0.303 e. The summed E-state index contributed by atoms with van der Waals surface area (Å²) in [5, 5.41) is 12.0. The van der Waals surface area contributed by atoms with Crippen LogP contribution in [0.4, 0.5) is 17.1 Å². The van der Waals surface area contributed by atoms with E-state index in [0.29, 0.717) is 50.2 Å². The van der Waals surface area contributed by atoms with Gasteiger partial charge in [-0.3, -0.25) is 14.4 Å². The molecular weight excluding hydrogens is 446 g/mol. The van der Waals surface area contributed by atoms with Crippen molar-refractivity contribution in [3.8, 4) is 5.75 Å². The number of carboxylic acid groups (broad SMARTS) is 1. The first-order valence-electron chi connectivity index (χ1n) is 12.0.